The van der Waals surface area contributed by atoms with Crippen molar-refractivity contribution in [2.75, 3.05) is 50.6 Å². The van der Waals surface area contributed by atoms with Gasteiger partial charge in [-0.15, -0.1) is 0 Å². The lowest BCUT2D eigenvalue weighted by Gasteiger charge is -2.26. The molecule has 4 aromatic rings. The average molecular weight is 478 g/mol. The molecule has 0 saturated carbocycles. The van der Waals surface area contributed by atoms with Crippen molar-refractivity contribution in [1.29, 1.82) is 0 Å². The van der Waals surface area contributed by atoms with Gasteiger partial charge in [0.05, 0.1) is 33.9 Å². The lowest BCUT2D eigenvalue weighted by molar-refractivity contribution is 0.416. The number of fused-ring (bicyclic) bond motifs is 1. The fourth-order valence-electron chi connectivity index (χ4n) is 4.28. The van der Waals surface area contributed by atoms with E-state index in [1.807, 2.05) is 32.4 Å². The first-order chi connectivity index (χ1) is 16.2. The molecule has 0 amide bonds. The van der Waals surface area contributed by atoms with Gasteiger partial charge in [0, 0.05) is 55.5 Å². The predicted molar refractivity (Wildman–Crippen MR) is 144 cm³/mol. The van der Waals surface area contributed by atoms with Crippen LogP contribution in [0.25, 0.3) is 33.5 Å². The standard InChI is InChI=1S/C26H32ClN7/c1-6-16-13-21(33(4)12-11-32(2)3)24(29)22(23(16)28)26-30-14-19(27)25(31-26)18-15-34(5)20-10-8-7-9-17(18)20/h7-10,13-15H,6,11-12,28-29H2,1-5H3. The highest BCUT2D eigenvalue weighted by molar-refractivity contribution is 6.33. The van der Waals surface area contributed by atoms with E-state index in [4.69, 9.17) is 28.1 Å². The summed E-state index contributed by atoms with van der Waals surface area (Å²) in [5.74, 6) is 0.472. The van der Waals surface area contributed by atoms with Crippen LogP contribution >= 0.6 is 11.6 Å². The molecule has 0 aliphatic heterocycles. The minimum Gasteiger partial charge on any atom is -0.398 e. The molecule has 0 aliphatic carbocycles. The Hall–Kier alpha value is -3.29. The van der Waals surface area contributed by atoms with Gasteiger partial charge in [-0.05, 0) is 38.2 Å². The molecule has 0 fully saturated rings. The van der Waals surface area contributed by atoms with E-state index in [1.54, 1.807) is 6.20 Å². The van der Waals surface area contributed by atoms with E-state index in [9.17, 15) is 0 Å². The molecule has 34 heavy (non-hydrogen) atoms. The van der Waals surface area contributed by atoms with Crippen LogP contribution in [0.5, 0.6) is 0 Å². The fourth-order valence-corrected chi connectivity index (χ4v) is 4.47. The first kappa shape index (κ1) is 23.9. The second-order valence-corrected chi connectivity index (χ2v) is 9.30. The van der Waals surface area contributed by atoms with E-state index in [-0.39, 0.29) is 0 Å². The molecule has 0 spiro atoms. The summed E-state index contributed by atoms with van der Waals surface area (Å²) >= 11 is 6.61. The number of aromatic nitrogens is 3. The Morgan fingerprint density at radius 1 is 1.06 bits per heavy atom. The smallest absolute Gasteiger partial charge is 0.164 e. The lowest BCUT2D eigenvalue weighted by atomic mass is 10.00. The van der Waals surface area contributed by atoms with Crippen LogP contribution in [0.3, 0.4) is 0 Å². The highest BCUT2D eigenvalue weighted by Crippen LogP contribution is 2.41. The molecule has 4 N–H and O–H groups in total. The maximum atomic E-state index is 6.72. The van der Waals surface area contributed by atoms with Gasteiger partial charge >= 0.3 is 0 Å². The second kappa shape index (κ2) is 9.52. The minimum absolute atomic E-state index is 0.472. The minimum atomic E-state index is 0.472. The normalized spacial score (nSPS) is 11.5. The van der Waals surface area contributed by atoms with E-state index in [1.165, 1.54) is 0 Å². The molecule has 2 aromatic heterocycles. The summed E-state index contributed by atoms with van der Waals surface area (Å²) in [6, 6.07) is 10.3. The number of likely N-dealkylation sites (N-methyl/N-ethyl adjacent to an activating group) is 2. The molecule has 4 rings (SSSR count). The molecule has 8 heteroatoms. The zero-order chi connectivity index (χ0) is 24.6. The summed E-state index contributed by atoms with van der Waals surface area (Å²) in [4.78, 5) is 13.8. The summed E-state index contributed by atoms with van der Waals surface area (Å²) in [5.41, 5.74) is 19.8. The quantitative estimate of drug-likeness (QED) is 0.376. The Kier molecular flexibility index (Phi) is 6.68. The van der Waals surface area contributed by atoms with Gasteiger partial charge in [0.2, 0.25) is 0 Å². The number of aryl methyl sites for hydroxylation is 2. The third-order valence-electron chi connectivity index (χ3n) is 6.27. The number of nitrogens with two attached hydrogens (primary N) is 2. The molecule has 7 nitrogen and oxygen atoms in total. The molecule has 178 valence electrons. The number of hydrogen-bond donors (Lipinski definition) is 2. The number of halogens is 1. The zero-order valence-electron chi connectivity index (χ0n) is 20.4. The second-order valence-electron chi connectivity index (χ2n) is 8.90. The molecule has 0 saturated heterocycles. The molecule has 0 radical (unpaired) electrons. The molecule has 0 atom stereocenters. The molecule has 2 heterocycles. The summed E-state index contributed by atoms with van der Waals surface area (Å²) < 4.78 is 2.07. The van der Waals surface area contributed by atoms with Crippen molar-refractivity contribution < 1.29 is 0 Å². The van der Waals surface area contributed by atoms with Crippen LogP contribution in [0.4, 0.5) is 17.1 Å². The van der Waals surface area contributed by atoms with Crippen molar-refractivity contribution in [3.63, 3.8) is 0 Å². The maximum Gasteiger partial charge on any atom is 0.164 e. The highest BCUT2D eigenvalue weighted by atomic mass is 35.5. The van der Waals surface area contributed by atoms with E-state index in [0.717, 1.165) is 47.2 Å². The average Bonchev–Trinajstić information content (AvgIpc) is 3.15. The molecular formula is C26H32ClN7. The van der Waals surface area contributed by atoms with Crippen molar-refractivity contribution in [3.05, 3.63) is 53.3 Å². The summed E-state index contributed by atoms with van der Waals surface area (Å²) in [7, 11) is 8.16. The van der Waals surface area contributed by atoms with Crippen molar-refractivity contribution in [2.45, 2.75) is 13.3 Å². The van der Waals surface area contributed by atoms with Crippen LogP contribution in [0.1, 0.15) is 12.5 Å². The van der Waals surface area contributed by atoms with Crippen LogP contribution in [-0.2, 0) is 13.5 Å². The first-order valence-electron chi connectivity index (χ1n) is 11.4. The van der Waals surface area contributed by atoms with Crippen LogP contribution in [0.2, 0.25) is 5.02 Å². The van der Waals surface area contributed by atoms with E-state index in [2.05, 4.69) is 58.6 Å². The van der Waals surface area contributed by atoms with Crippen molar-refractivity contribution in [1.82, 2.24) is 19.4 Å². The van der Waals surface area contributed by atoms with Gasteiger partial charge in [-0.3, -0.25) is 0 Å². The molecule has 0 bridgehead atoms. The molecule has 0 aliphatic rings. The van der Waals surface area contributed by atoms with Crippen LogP contribution in [0.15, 0.2) is 42.7 Å². The number of hydrogen-bond acceptors (Lipinski definition) is 6. The summed E-state index contributed by atoms with van der Waals surface area (Å²) in [6.07, 6.45) is 4.45. The number of benzene rings is 2. The topological polar surface area (TPSA) is 89.2 Å². The molecular weight excluding hydrogens is 446 g/mol. The zero-order valence-corrected chi connectivity index (χ0v) is 21.2. The van der Waals surface area contributed by atoms with Gasteiger partial charge < -0.3 is 25.8 Å². The Morgan fingerprint density at radius 2 is 1.79 bits per heavy atom. The number of anilines is 3. The van der Waals surface area contributed by atoms with Gasteiger partial charge in [0.25, 0.3) is 0 Å². The van der Waals surface area contributed by atoms with Gasteiger partial charge in [-0.25, -0.2) is 9.97 Å². The molecule has 0 unspecified atom stereocenters. The highest BCUT2D eigenvalue weighted by Gasteiger charge is 2.22. The third-order valence-corrected chi connectivity index (χ3v) is 6.54. The predicted octanol–water partition coefficient (Wildman–Crippen LogP) is 4.68. The monoisotopic (exact) mass is 477 g/mol. The number of nitrogens with zero attached hydrogens (tertiary/aromatic N) is 5. The van der Waals surface area contributed by atoms with Gasteiger partial charge in [0.1, 0.15) is 0 Å². The van der Waals surface area contributed by atoms with Crippen molar-refractivity contribution in [3.8, 4) is 22.6 Å². The van der Waals surface area contributed by atoms with Gasteiger partial charge in [-0.1, -0.05) is 36.7 Å². The SMILES string of the molecule is CCc1cc(N(C)CCN(C)C)c(N)c(-c2ncc(Cl)c(-c3cn(C)c4ccccc34)n2)c1N. The largest absolute Gasteiger partial charge is 0.398 e. The Bertz CT molecular complexity index is 1340. The summed E-state index contributed by atoms with van der Waals surface area (Å²) in [5, 5.41) is 1.55. The van der Waals surface area contributed by atoms with Crippen LogP contribution in [-0.4, -0.2) is 53.7 Å². The number of rotatable bonds is 7. The Balaban J connectivity index is 1.89. The first-order valence-corrected chi connectivity index (χ1v) is 11.7. The maximum absolute atomic E-state index is 6.72. The van der Waals surface area contributed by atoms with E-state index in [0.29, 0.717) is 33.5 Å². The Morgan fingerprint density at radius 3 is 2.50 bits per heavy atom. The number of para-hydroxylation sites is 1. The third kappa shape index (κ3) is 4.29. The van der Waals surface area contributed by atoms with E-state index < -0.39 is 0 Å². The van der Waals surface area contributed by atoms with Gasteiger partial charge in [0.15, 0.2) is 5.82 Å². The summed E-state index contributed by atoms with van der Waals surface area (Å²) in [6.45, 7) is 3.81. The Labute approximate surface area is 206 Å². The van der Waals surface area contributed by atoms with Crippen molar-refractivity contribution >= 4 is 39.6 Å². The lowest BCUT2D eigenvalue weighted by Crippen LogP contribution is -2.29. The van der Waals surface area contributed by atoms with Gasteiger partial charge in [-0.2, -0.15) is 0 Å². The van der Waals surface area contributed by atoms with Crippen molar-refractivity contribution in [2.24, 2.45) is 7.05 Å². The van der Waals surface area contributed by atoms with Crippen LogP contribution < -0.4 is 16.4 Å². The van der Waals surface area contributed by atoms with E-state index >= 15 is 0 Å². The fraction of sp³-hybridized carbons (Fsp3) is 0.308. The molecule has 2 aromatic carbocycles. The van der Waals surface area contributed by atoms with Crippen LogP contribution in [0, 0.1) is 0 Å². The number of nitrogen functional groups attached to an aromatic ring is 2.